The summed E-state index contributed by atoms with van der Waals surface area (Å²) in [6.07, 6.45) is 3.54. The Morgan fingerprint density at radius 1 is 1.04 bits per heavy atom. The van der Waals surface area contributed by atoms with Gasteiger partial charge in [-0.3, -0.25) is 4.48 Å². The van der Waals surface area contributed by atoms with Crippen LogP contribution in [0.3, 0.4) is 0 Å². The molecule has 2 aromatic carbocycles. The summed E-state index contributed by atoms with van der Waals surface area (Å²) in [6.45, 7) is 3.75. The number of fused-ring (bicyclic) bond motifs is 7. The van der Waals surface area contributed by atoms with Crippen molar-refractivity contribution in [3.8, 4) is 0 Å². The normalized spacial score (nSPS) is 25.0. The monoisotopic (exact) mass is 369 g/mol. The minimum atomic E-state index is 0. The molecule has 1 heterocycles. The number of amides is 1. The highest BCUT2D eigenvalue weighted by molar-refractivity contribution is 5.85. The van der Waals surface area contributed by atoms with Crippen LogP contribution in [0.25, 0.3) is 0 Å². The summed E-state index contributed by atoms with van der Waals surface area (Å²) in [4.78, 5) is 13.9. The molecule has 26 heavy (non-hydrogen) atoms. The maximum Gasteiger partial charge on any atom is 0.301 e. The number of nitrogens with zero attached hydrogens (tertiary/aromatic N) is 2. The van der Waals surface area contributed by atoms with Gasteiger partial charge >= 0.3 is 6.41 Å². The lowest BCUT2D eigenvalue weighted by Gasteiger charge is -2.39. The van der Waals surface area contributed by atoms with E-state index in [0.29, 0.717) is 16.3 Å². The molecule has 0 spiro atoms. The molecule has 3 aliphatic rings. The molecule has 1 aliphatic heterocycles. The highest BCUT2D eigenvalue weighted by Gasteiger charge is 2.40. The van der Waals surface area contributed by atoms with Crippen LogP contribution in [-0.4, -0.2) is 44.1 Å². The first kappa shape index (κ1) is 17.6. The summed E-state index contributed by atoms with van der Waals surface area (Å²) in [5.41, 5.74) is 7.64. The van der Waals surface area contributed by atoms with Crippen molar-refractivity contribution in [1.82, 2.24) is 0 Å². The smallest absolute Gasteiger partial charge is 0.301 e. The summed E-state index contributed by atoms with van der Waals surface area (Å²) >= 11 is 0. The van der Waals surface area contributed by atoms with Crippen molar-refractivity contribution in [2.24, 2.45) is 0 Å². The summed E-state index contributed by atoms with van der Waals surface area (Å²) in [6, 6.07) is 15.9. The highest BCUT2D eigenvalue weighted by Crippen LogP contribution is 2.54. The number of quaternary nitrogens is 1. The summed E-state index contributed by atoms with van der Waals surface area (Å²) in [7, 11) is 2.05. The first-order valence-corrected chi connectivity index (χ1v) is 9.45. The van der Waals surface area contributed by atoms with Crippen LogP contribution in [0.4, 0.5) is 5.69 Å². The predicted molar refractivity (Wildman–Crippen MR) is 107 cm³/mol. The van der Waals surface area contributed by atoms with E-state index in [-0.39, 0.29) is 12.4 Å². The second-order valence-electron chi connectivity index (χ2n) is 8.19. The van der Waals surface area contributed by atoms with E-state index in [1.165, 1.54) is 24.1 Å². The third kappa shape index (κ3) is 2.57. The lowest BCUT2D eigenvalue weighted by molar-refractivity contribution is -0.826. The van der Waals surface area contributed by atoms with Gasteiger partial charge in [0.15, 0.2) is 0 Å². The van der Waals surface area contributed by atoms with Gasteiger partial charge in [0.2, 0.25) is 0 Å². The van der Waals surface area contributed by atoms with Crippen molar-refractivity contribution in [3.63, 3.8) is 0 Å². The third-order valence-electron chi connectivity index (χ3n) is 6.67. The van der Waals surface area contributed by atoms with Crippen molar-refractivity contribution in [2.45, 2.75) is 24.7 Å². The van der Waals surface area contributed by atoms with Crippen LogP contribution in [0.2, 0.25) is 0 Å². The Bertz CT molecular complexity index is 842. The Balaban J connectivity index is 0.00000168. The number of halogens is 1. The number of carbonyl (C=O) groups excluding carboxylic acids is 1. The Morgan fingerprint density at radius 2 is 1.77 bits per heavy atom. The molecular formula is C22H26ClN2O+. The van der Waals surface area contributed by atoms with Gasteiger partial charge in [0.05, 0.1) is 20.1 Å². The maximum atomic E-state index is 11.3. The fourth-order valence-corrected chi connectivity index (χ4v) is 5.20. The molecule has 1 saturated heterocycles. The van der Waals surface area contributed by atoms with Gasteiger partial charge in [-0.2, -0.15) is 0 Å². The Labute approximate surface area is 161 Å². The zero-order valence-electron chi connectivity index (χ0n) is 15.2. The summed E-state index contributed by atoms with van der Waals surface area (Å²) < 4.78 is 0.545. The lowest BCUT2D eigenvalue weighted by atomic mass is 9.81. The zero-order chi connectivity index (χ0) is 17.0. The number of carbonyl (C=O) groups is 1. The van der Waals surface area contributed by atoms with Crippen LogP contribution in [-0.2, 0) is 11.2 Å². The molecular weight excluding hydrogens is 344 g/mol. The molecule has 1 amide bonds. The molecule has 0 radical (unpaired) electrons. The number of hydrogen-bond donors (Lipinski definition) is 0. The van der Waals surface area contributed by atoms with Crippen molar-refractivity contribution < 1.29 is 9.28 Å². The van der Waals surface area contributed by atoms with E-state index in [2.05, 4.69) is 47.4 Å². The van der Waals surface area contributed by atoms with Gasteiger partial charge < -0.3 is 4.90 Å². The van der Waals surface area contributed by atoms with Gasteiger partial charge in [-0.15, -0.1) is 12.4 Å². The van der Waals surface area contributed by atoms with Crippen LogP contribution >= 0.6 is 12.4 Å². The summed E-state index contributed by atoms with van der Waals surface area (Å²) in [5, 5.41) is 0. The molecule has 5 rings (SSSR count). The number of benzene rings is 2. The maximum absolute atomic E-state index is 11.3. The molecule has 0 aromatic heterocycles. The Morgan fingerprint density at radius 3 is 2.54 bits per heavy atom. The molecule has 3 nitrogen and oxygen atoms in total. The molecule has 4 heteroatoms. The fraction of sp³-hybridized carbons (Fsp3) is 0.409. The highest BCUT2D eigenvalue weighted by atomic mass is 35.5. The largest absolute Gasteiger partial charge is 0.360 e. The molecule has 0 N–H and O–H groups in total. The molecule has 2 unspecified atom stereocenters. The van der Waals surface area contributed by atoms with E-state index < -0.39 is 0 Å². The molecule has 2 aromatic rings. The van der Waals surface area contributed by atoms with Crippen LogP contribution in [0.15, 0.2) is 42.5 Å². The van der Waals surface area contributed by atoms with Crippen LogP contribution in [0, 0.1) is 0 Å². The molecule has 2 aliphatic carbocycles. The molecule has 2 atom stereocenters. The van der Waals surface area contributed by atoms with Gasteiger partial charge in [0, 0.05) is 11.6 Å². The first-order chi connectivity index (χ1) is 12.2. The molecule has 1 fully saturated rings. The second-order valence-corrected chi connectivity index (χ2v) is 8.19. The van der Waals surface area contributed by atoms with Crippen molar-refractivity contribution >= 4 is 24.5 Å². The quantitative estimate of drug-likeness (QED) is 0.594. The average molecular weight is 370 g/mol. The minimum Gasteiger partial charge on any atom is -0.360 e. The number of hydrogen-bond acceptors (Lipinski definition) is 2. The van der Waals surface area contributed by atoms with E-state index in [1.54, 1.807) is 16.7 Å². The van der Waals surface area contributed by atoms with Crippen LogP contribution in [0.1, 0.15) is 40.5 Å². The third-order valence-corrected chi connectivity index (χ3v) is 6.67. The molecule has 2 bridgehead atoms. The van der Waals surface area contributed by atoms with E-state index in [1.807, 2.05) is 7.05 Å². The molecule has 136 valence electrons. The van der Waals surface area contributed by atoms with Gasteiger partial charge in [0.25, 0.3) is 0 Å². The van der Waals surface area contributed by atoms with Gasteiger partial charge in [0.1, 0.15) is 13.1 Å². The van der Waals surface area contributed by atoms with Crippen molar-refractivity contribution in [2.75, 3.05) is 38.1 Å². The number of rotatable bonds is 2. The molecule has 0 saturated carbocycles. The van der Waals surface area contributed by atoms with Gasteiger partial charge in [-0.05, 0) is 47.1 Å². The standard InChI is InChI=1S/C22H25N2O.ClH/c1-24(15-25)11-9-23(10-12-24)21-8-4-7-19-20-14-17(22(19)21)13-16-5-2-3-6-18(16)20;/h2-8,15,17,20H,9-14H2,1H3;1H/q+1;. The summed E-state index contributed by atoms with van der Waals surface area (Å²) in [5.74, 6) is 1.23. The van der Waals surface area contributed by atoms with Crippen molar-refractivity contribution in [3.05, 3.63) is 64.7 Å². The number of anilines is 1. The Hall–Kier alpha value is -1.84. The first-order valence-electron chi connectivity index (χ1n) is 9.45. The van der Waals surface area contributed by atoms with Gasteiger partial charge in [-0.1, -0.05) is 36.4 Å². The lowest BCUT2D eigenvalue weighted by Crippen LogP contribution is -2.56. The van der Waals surface area contributed by atoms with E-state index in [4.69, 9.17) is 0 Å². The average Bonchev–Trinajstić information content (AvgIpc) is 2.96. The van der Waals surface area contributed by atoms with Crippen molar-refractivity contribution in [1.29, 1.82) is 0 Å². The van der Waals surface area contributed by atoms with E-state index in [9.17, 15) is 4.79 Å². The number of likely N-dealkylation sites (N-methyl/N-ethyl adjacent to an activating group) is 1. The van der Waals surface area contributed by atoms with Gasteiger partial charge in [-0.25, -0.2) is 4.79 Å². The SMILES string of the molecule is C[N+]1(C=O)CCN(c2cccc3c2C2Cc4ccccc4C3C2)CC1.Cl. The topological polar surface area (TPSA) is 20.3 Å². The zero-order valence-corrected chi connectivity index (χ0v) is 16.0. The van der Waals surface area contributed by atoms with Crippen LogP contribution < -0.4 is 4.90 Å². The predicted octanol–water partition coefficient (Wildman–Crippen LogP) is 3.71. The van der Waals surface area contributed by atoms with E-state index in [0.717, 1.165) is 32.6 Å². The Kier molecular flexibility index (Phi) is 4.32. The number of piperazine rings is 1. The van der Waals surface area contributed by atoms with Crippen LogP contribution in [0.5, 0.6) is 0 Å². The fourth-order valence-electron chi connectivity index (χ4n) is 5.20. The van der Waals surface area contributed by atoms with E-state index >= 15 is 0 Å². The second kappa shape index (κ2) is 6.40. The minimum absolute atomic E-state index is 0.